The van der Waals surface area contributed by atoms with Crippen molar-refractivity contribution in [3.63, 3.8) is 0 Å². The lowest BCUT2D eigenvalue weighted by molar-refractivity contribution is -0.140. The maximum Gasteiger partial charge on any atom is 0.329 e. The van der Waals surface area contributed by atoms with Gasteiger partial charge in [-0.25, -0.2) is 18.4 Å². The van der Waals surface area contributed by atoms with Crippen molar-refractivity contribution < 1.29 is 23.5 Å². The van der Waals surface area contributed by atoms with E-state index in [1.807, 2.05) is 0 Å². The van der Waals surface area contributed by atoms with Crippen LogP contribution in [-0.2, 0) is 9.59 Å². The van der Waals surface area contributed by atoms with E-state index in [1.165, 1.54) is 0 Å². The fourth-order valence-corrected chi connectivity index (χ4v) is 0.591. The molecule has 0 aliphatic rings. The summed E-state index contributed by atoms with van der Waals surface area (Å²) in [5.74, 6) is -4.71. The molecule has 4 nitrogen and oxygen atoms in total. The average molecular weight is 179 g/mol. The third-order valence-electron chi connectivity index (χ3n) is 1.05. The SMILES string of the molecule is CC(F)(F)C[C@H](N=C=O)C(=O)O. The number of carbonyl (C=O) groups is 1. The van der Waals surface area contributed by atoms with Gasteiger partial charge >= 0.3 is 5.97 Å². The zero-order valence-corrected chi connectivity index (χ0v) is 6.25. The van der Waals surface area contributed by atoms with Gasteiger partial charge in [-0.1, -0.05) is 0 Å². The summed E-state index contributed by atoms with van der Waals surface area (Å²) < 4.78 is 24.4. The number of carboxylic acids is 1. The number of hydrogen-bond acceptors (Lipinski definition) is 3. The highest BCUT2D eigenvalue weighted by Crippen LogP contribution is 2.20. The van der Waals surface area contributed by atoms with Gasteiger partial charge in [0, 0.05) is 6.42 Å². The molecule has 0 aliphatic carbocycles. The van der Waals surface area contributed by atoms with Crippen molar-refractivity contribution in [3.8, 4) is 0 Å². The lowest BCUT2D eigenvalue weighted by Crippen LogP contribution is -2.26. The minimum atomic E-state index is -3.15. The first-order chi connectivity index (χ1) is 5.37. The van der Waals surface area contributed by atoms with Crippen LogP contribution in [0.25, 0.3) is 0 Å². The van der Waals surface area contributed by atoms with Crippen molar-refractivity contribution >= 4 is 12.0 Å². The molecule has 0 fully saturated rings. The Morgan fingerprint density at radius 1 is 1.75 bits per heavy atom. The highest BCUT2D eigenvalue weighted by molar-refractivity contribution is 5.74. The van der Waals surface area contributed by atoms with Gasteiger partial charge in [-0.15, -0.1) is 0 Å². The van der Waals surface area contributed by atoms with E-state index >= 15 is 0 Å². The summed E-state index contributed by atoms with van der Waals surface area (Å²) in [6.07, 6.45) is -0.0560. The number of aliphatic imine (C=N–C) groups is 1. The van der Waals surface area contributed by atoms with E-state index < -0.39 is 24.4 Å². The van der Waals surface area contributed by atoms with Gasteiger partial charge in [0.25, 0.3) is 0 Å². The number of carbonyl (C=O) groups excluding carboxylic acids is 1. The molecule has 1 N–H and O–H groups in total. The largest absolute Gasteiger partial charge is 0.480 e. The molecule has 0 aromatic heterocycles. The minimum absolute atomic E-state index is 0.559. The Morgan fingerprint density at radius 2 is 2.25 bits per heavy atom. The second kappa shape index (κ2) is 3.92. The molecule has 1 atom stereocenters. The normalized spacial score (nSPS) is 13.2. The Kier molecular flexibility index (Phi) is 3.50. The van der Waals surface area contributed by atoms with Crippen LogP contribution in [0.5, 0.6) is 0 Å². The van der Waals surface area contributed by atoms with Crippen LogP contribution in [0.4, 0.5) is 8.78 Å². The maximum atomic E-state index is 12.2. The Bertz CT molecular complexity index is 215. The number of carboxylic acid groups (broad SMARTS) is 1. The molecule has 0 unspecified atom stereocenters. The zero-order valence-electron chi connectivity index (χ0n) is 6.25. The topological polar surface area (TPSA) is 66.7 Å². The van der Waals surface area contributed by atoms with E-state index in [1.54, 1.807) is 0 Å². The molecule has 0 saturated carbocycles. The molecule has 6 heteroatoms. The monoisotopic (exact) mass is 179 g/mol. The first kappa shape index (κ1) is 10.7. The first-order valence-corrected chi connectivity index (χ1v) is 3.04. The van der Waals surface area contributed by atoms with Gasteiger partial charge < -0.3 is 5.11 Å². The van der Waals surface area contributed by atoms with Crippen LogP contribution in [0.3, 0.4) is 0 Å². The van der Waals surface area contributed by atoms with Gasteiger partial charge in [-0.05, 0) is 6.92 Å². The molecule has 0 spiro atoms. The Morgan fingerprint density at radius 3 is 2.50 bits per heavy atom. The predicted octanol–water partition coefficient (Wildman–Crippen LogP) is 0.821. The van der Waals surface area contributed by atoms with E-state index in [9.17, 15) is 18.4 Å². The molecular weight excluding hydrogens is 172 g/mol. The lowest BCUT2D eigenvalue weighted by atomic mass is 10.1. The molecule has 0 radical (unpaired) electrons. The third-order valence-corrected chi connectivity index (χ3v) is 1.05. The molecule has 12 heavy (non-hydrogen) atoms. The Hall–Kier alpha value is -1.29. The molecule has 0 aliphatic heterocycles. The van der Waals surface area contributed by atoms with Crippen molar-refractivity contribution in [1.82, 2.24) is 0 Å². The van der Waals surface area contributed by atoms with Gasteiger partial charge in [0.2, 0.25) is 12.0 Å². The summed E-state index contributed by atoms with van der Waals surface area (Å²) in [7, 11) is 0. The molecule has 0 aromatic rings. The van der Waals surface area contributed by atoms with Gasteiger partial charge in [-0.2, -0.15) is 4.99 Å². The van der Waals surface area contributed by atoms with E-state index in [2.05, 4.69) is 4.99 Å². The minimum Gasteiger partial charge on any atom is -0.480 e. The van der Waals surface area contributed by atoms with Crippen LogP contribution in [0.1, 0.15) is 13.3 Å². The summed E-state index contributed by atoms with van der Waals surface area (Å²) in [6, 6.07) is -1.71. The van der Waals surface area contributed by atoms with Crippen molar-refractivity contribution in [2.75, 3.05) is 0 Å². The molecule has 0 amide bonds. The van der Waals surface area contributed by atoms with Gasteiger partial charge in [0.05, 0.1) is 0 Å². The van der Waals surface area contributed by atoms with Gasteiger partial charge in [0.15, 0.2) is 6.04 Å². The Balaban J connectivity index is 4.34. The molecule has 0 saturated heterocycles. The van der Waals surface area contributed by atoms with E-state index in [4.69, 9.17) is 5.11 Å². The van der Waals surface area contributed by atoms with Crippen LogP contribution in [0.15, 0.2) is 4.99 Å². The van der Waals surface area contributed by atoms with Crippen molar-refractivity contribution in [1.29, 1.82) is 0 Å². The number of hydrogen-bond donors (Lipinski definition) is 1. The number of alkyl halides is 2. The molecule has 0 heterocycles. The van der Waals surface area contributed by atoms with Crippen LogP contribution in [-0.4, -0.2) is 29.1 Å². The molecule has 68 valence electrons. The van der Waals surface area contributed by atoms with Gasteiger partial charge in [-0.3, -0.25) is 0 Å². The fraction of sp³-hybridized carbons (Fsp3) is 0.667. The molecule has 0 rings (SSSR count). The standard InChI is InChI=1S/C6H7F2NO3/c1-6(7,8)2-4(5(11)12)9-3-10/h4H,2H2,1H3,(H,11,12)/t4-/m0/s1. The van der Waals surface area contributed by atoms with Crippen LogP contribution in [0, 0.1) is 0 Å². The van der Waals surface area contributed by atoms with Crippen molar-refractivity contribution in [3.05, 3.63) is 0 Å². The summed E-state index contributed by atoms with van der Waals surface area (Å²) in [6.45, 7) is 0.559. The van der Waals surface area contributed by atoms with Crippen LogP contribution < -0.4 is 0 Å². The van der Waals surface area contributed by atoms with Crippen molar-refractivity contribution in [2.24, 2.45) is 4.99 Å². The molecular formula is C6H7F2NO3. The fourth-order valence-electron chi connectivity index (χ4n) is 0.591. The highest BCUT2D eigenvalue weighted by atomic mass is 19.3. The maximum absolute atomic E-state index is 12.2. The smallest absolute Gasteiger partial charge is 0.329 e. The number of halogens is 2. The number of isocyanates is 1. The second-order valence-electron chi connectivity index (χ2n) is 2.35. The van der Waals surface area contributed by atoms with Crippen molar-refractivity contribution in [2.45, 2.75) is 25.3 Å². The second-order valence-corrected chi connectivity index (χ2v) is 2.35. The van der Waals surface area contributed by atoms with Crippen LogP contribution >= 0.6 is 0 Å². The van der Waals surface area contributed by atoms with E-state index in [0.717, 1.165) is 6.08 Å². The number of aliphatic carboxylic acids is 1. The number of rotatable bonds is 4. The third kappa shape index (κ3) is 4.51. The van der Waals surface area contributed by atoms with E-state index in [0.29, 0.717) is 6.92 Å². The quantitative estimate of drug-likeness (QED) is 0.513. The first-order valence-electron chi connectivity index (χ1n) is 3.04. The van der Waals surface area contributed by atoms with Gasteiger partial charge in [0.1, 0.15) is 0 Å². The summed E-state index contributed by atoms with van der Waals surface area (Å²) in [4.78, 5) is 22.5. The summed E-state index contributed by atoms with van der Waals surface area (Å²) in [5, 5.41) is 8.26. The van der Waals surface area contributed by atoms with E-state index in [-0.39, 0.29) is 0 Å². The summed E-state index contributed by atoms with van der Waals surface area (Å²) >= 11 is 0. The highest BCUT2D eigenvalue weighted by Gasteiger charge is 2.30. The average Bonchev–Trinajstić information content (AvgIpc) is 1.83. The number of nitrogens with zero attached hydrogens (tertiary/aromatic N) is 1. The zero-order chi connectivity index (χ0) is 9.78. The molecule has 0 aromatic carbocycles. The summed E-state index contributed by atoms with van der Waals surface area (Å²) in [5.41, 5.74) is 0. The lowest BCUT2D eigenvalue weighted by Gasteiger charge is -2.11. The predicted molar refractivity (Wildman–Crippen MR) is 34.8 cm³/mol. The molecule has 0 bridgehead atoms. The Labute approximate surface area is 66.9 Å². The van der Waals surface area contributed by atoms with Crippen LogP contribution in [0.2, 0.25) is 0 Å².